The van der Waals surface area contributed by atoms with Crippen LogP contribution in [0.15, 0.2) is 28.1 Å². The lowest BCUT2D eigenvalue weighted by Crippen LogP contribution is -1.87. The zero-order chi connectivity index (χ0) is 11.1. The summed E-state index contributed by atoms with van der Waals surface area (Å²) in [6.07, 6.45) is 2.47. The van der Waals surface area contributed by atoms with Gasteiger partial charge in [0.05, 0.1) is 6.54 Å². The molecule has 80 valence electrons. The number of benzene rings is 1. The van der Waals surface area contributed by atoms with Crippen LogP contribution in [-0.4, -0.2) is 18.4 Å². The molecule has 1 rings (SSSR count). The molecular weight excluding hydrogens is 206 g/mol. The van der Waals surface area contributed by atoms with Crippen LogP contribution >= 0.6 is 11.8 Å². The third-order valence-corrected chi connectivity index (χ3v) is 3.33. The number of rotatable bonds is 5. The number of carbonyl (C=O) groups excluding carboxylic acids is 1. The third kappa shape index (κ3) is 4.32. The normalized spacial score (nSPS) is 9.73. The van der Waals surface area contributed by atoms with Crippen LogP contribution < -0.4 is 0 Å². The van der Waals surface area contributed by atoms with Crippen LogP contribution in [0.5, 0.6) is 0 Å². The van der Waals surface area contributed by atoms with E-state index in [1.54, 1.807) is 6.08 Å². The summed E-state index contributed by atoms with van der Waals surface area (Å²) in [6.45, 7) is 4.81. The monoisotopic (exact) mass is 221 g/mol. The van der Waals surface area contributed by atoms with E-state index in [-0.39, 0.29) is 0 Å². The molecule has 0 radical (unpaired) electrons. The van der Waals surface area contributed by atoms with Gasteiger partial charge in [-0.1, -0.05) is 17.7 Å². The van der Waals surface area contributed by atoms with Crippen molar-refractivity contribution in [1.82, 2.24) is 0 Å². The van der Waals surface area contributed by atoms with Gasteiger partial charge in [0.25, 0.3) is 0 Å². The molecule has 0 aromatic heterocycles. The lowest BCUT2D eigenvalue weighted by molar-refractivity contribution is 0.562. The molecule has 0 saturated heterocycles. The van der Waals surface area contributed by atoms with Crippen molar-refractivity contribution in [2.24, 2.45) is 4.99 Å². The molecule has 0 saturated carbocycles. The molecule has 0 spiro atoms. The van der Waals surface area contributed by atoms with Gasteiger partial charge in [-0.15, -0.1) is 11.8 Å². The summed E-state index contributed by atoms with van der Waals surface area (Å²) in [6, 6.07) is 6.46. The van der Waals surface area contributed by atoms with Crippen molar-refractivity contribution in [1.29, 1.82) is 0 Å². The maximum Gasteiger partial charge on any atom is 0.234 e. The minimum Gasteiger partial charge on any atom is -0.211 e. The molecule has 0 amide bonds. The highest BCUT2D eigenvalue weighted by atomic mass is 32.2. The summed E-state index contributed by atoms with van der Waals surface area (Å²) in [7, 11) is 0. The van der Waals surface area contributed by atoms with Crippen molar-refractivity contribution in [3.05, 3.63) is 29.3 Å². The van der Waals surface area contributed by atoms with Gasteiger partial charge in [0.15, 0.2) is 0 Å². The van der Waals surface area contributed by atoms with Crippen LogP contribution in [0.1, 0.15) is 17.5 Å². The molecule has 1 aromatic rings. The highest BCUT2D eigenvalue weighted by Crippen LogP contribution is 2.23. The Hall–Kier alpha value is -1.05. The highest BCUT2D eigenvalue weighted by molar-refractivity contribution is 7.99. The van der Waals surface area contributed by atoms with Gasteiger partial charge in [0.1, 0.15) is 0 Å². The van der Waals surface area contributed by atoms with Crippen LogP contribution in [-0.2, 0) is 4.79 Å². The molecule has 0 aliphatic rings. The summed E-state index contributed by atoms with van der Waals surface area (Å²) in [4.78, 5) is 14.7. The first-order valence-corrected chi connectivity index (χ1v) is 5.96. The van der Waals surface area contributed by atoms with Crippen LogP contribution in [0.4, 0.5) is 0 Å². The first-order valence-electron chi connectivity index (χ1n) is 4.97. The number of thioether (sulfide) groups is 1. The van der Waals surface area contributed by atoms with E-state index in [2.05, 4.69) is 37.0 Å². The SMILES string of the molecule is Cc1ccc(SCCCN=C=O)c(C)c1. The standard InChI is InChI=1S/C12H15NOS/c1-10-4-5-12(11(2)8-10)15-7-3-6-13-9-14/h4-5,8H,3,6-7H2,1-2H3. The molecule has 0 unspecified atom stereocenters. The molecule has 0 heterocycles. The first kappa shape index (κ1) is 12.0. The van der Waals surface area contributed by atoms with Crippen LogP contribution in [0.25, 0.3) is 0 Å². The fraction of sp³-hybridized carbons (Fsp3) is 0.417. The number of hydrogen-bond acceptors (Lipinski definition) is 3. The zero-order valence-corrected chi connectivity index (χ0v) is 9.93. The van der Waals surface area contributed by atoms with Crippen molar-refractivity contribution in [3.63, 3.8) is 0 Å². The van der Waals surface area contributed by atoms with Gasteiger partial charge >= 0.3 is 0 Å². The Morgan fingerprint density at radius 1 is 1.40 bits per heavy atom. The molecule has 1 aromatic carbocycles. The number of nitrogens with zero attached hydrogens (tertiary/aromatic N) is 1. The molecule has 15 heavy (non-hydrogen) atoms. The van der Waals surface area contributed by atoms with Gasteiger partial charge in [0.2, 0.25) is 6.08 Å². The van der Waals surface area contributed by atoms with E-state index >= 15 is 0 Å². The van der Waals surface area contributed by atoms with E-state index in [4.69, 9.17) is 0 Å². The second-order valence-electron chi connectivity index (χ2n) is 3.44. The molecule has 0 aliphatic carbocycles. The van der Waals surface area contributed by atoms with E-state index in [9.17, 15) is 4.79 Å². The van der Waals surface area contributed by atoms with Gasteiger partial charge in [-0.2, -0.15) is 0 Å². The van der Waals surface area contributed by atoms with E-state index in [1.165, 1.54) is 16.0 Å². The number of isocyanates is 1. The summed E-state index contributed by atoms with van der Waals surface area (Å²) >= 11 is 1.82. The van der Waals surface area contributed by atoms with E-state index < -0.39 is 0 Å². The fourth-order valence-corrected chi connectivity index (χ4v) is 2.28. The van der Waals surface area contributed by atoms with Crippen molar-refractivity contribution in [2.75, 3.05) is 12.3 Å². The van der Waals surface area contributed by atoms with Crippen molar-refractivity contribution >= 4 is 17.8 Å². The zero-order valence-electron chi connectivity index (χ0n) is 9.12. The Morgan fingerprint density at radius 3 is 2.87 bits per heavy atom. The molecule has 0 atom stereocenters. The molecule has 0 fully saturated rings. The minimum atomic E-state index is 0.585. The van der Waals surface area contributed by atoms with E-state index in [1.807, 2.05) is 11.8 Å². The number of hydrogen-bond donors (Lipinski definition) is 0. The minimum absolute atomic E-state index is 0.585. The summed E-state index contributed by atoms with van der Waals surface area (Å²) in [5, 5.41) is 0. The summed E-state index contributed by atoms with van der Waals surface area (Å²) in [5.41, 5.74) is 2.61. The average molecular weight is 221 g/mol. The third-order valence-electron chi connectivity index (χ3n) is 2.07. The first-order chi connectivity index (χ1) is 7.24. The maximum atomic E-state index is 9.83. The summed E-state index contributed by atoms with van der Waals surface area (Å²) < 4.78 is 0. The topological polar surface area (TPSA) is 29.4 Å². The van der Waals surface area contributed by atoms with Gasteiger partial charge < -0.3 is 0 Å². The maximum absolute atomic E-state index is 9.83. The van der Waals surface area contributed by atoms with Crippen LogP contribution in [0.3, 0.4) is 0 Å². The van der Waals surface area contributed by atoms with Gasteiger partial charge in [-0.3, -0.25) is 0 Å². The van der Waals surface area contributed by atoms with E-state index in [0.29, 0.717) is 6.54 Å². The Bertz CT molecular complexity index is 370. The number of aliphatic imine (C=N–C) groups is 1. The predicted molar refractivity (Wildman–Crippen MR) is 64.2 cm³/mol. The van der Waals surface area contributed by atoms with Gasteiger partial charge in [-0.05, 0) is 37.7 Å². The molecule has 0 bridgehead atoms. The fourth-order valence-electron chi connectivity index (χ4n) is 1.33. The Labute approximate surface area is 94.8 Å². The largest absolute Gasteiger partial charge is 0.234 e. The Kier molecular flexibility index (Phi) is 5.16. The smallest absolute Gasteiger partial charge is 0.211 e. The average Bonchev–Trinajstić information content (AvgIpc) is 2.20. The molecular formula is C12H15NOS. The van der Waals surface area contributed by atoms with E-state index in [0.717, 1.165) is 12.2 Å². The predicted octanol–water partition coefficient (Wildman–Crippen LogP) is 3.12. The number of aryl methyl sites for hydroxylation is 2. The van der Waals surface area contributed by atoms with Crippen molar-refractivity contribution in [2.45, 2.75) is 25.2 Å². The lowest BCUT2D eigenvalue weighted by atomic mass is 10.2. The molecule has 0 aliphatic heterocycles. The van der Waals surface area contributed by atoms with Crippen molar-refractivity contribution < 1.29 is 4.79 Å². The Morgan fingerprint density at radius 2 is 2.20 bits per heavy atom. The van der Waals surface area contributed by atoms with Crippen LogP contribution in [0, 0.1) is 13.8 Å². The van der Waals surface area contributed by atoms with Gasteiger partial charge in [-0.25, -0.2) is 9.79 Å². The Balaban J connectivity index is 2.40. The second-order valence-corrected chi connectivity index (χ2v) is 4.58. The summed E-state index contributed by atoms with van der Waals surface area (Å²) in [5.74, 6) is 0.995. The molecule has 3 heteroatoms. The molecule has 2 nitrogen and oxygen atoms in total. The quantitative estimate of drug-likeness (QED) is 0.331. The van der Waals surface area contributed by atoms with Gasteiger partial charge in [0, 0.05) is 4.90 Å². The molecule has 0 N–H and O–H groups in total. The lowest BCUT2D eigenvalue weighted by Gasteiger charge is -2.05. The van der Waals surface area contributed by atoms with Crippen molar-refractivity contribution in [3.8, 4) is 0 Å². The second kappa shape index (κ2) is 6.44. The van der Waals surface area contributed by atoms with Crippen LogP contribution in [0.2, 0.25) is 0 Å². The highest BCUT2D eigenvalue weighted by Gasteiger charge is 1.98.